The van der Waals surface area contributed by atoms with Crippen LogP contribution in [0, 0.1) is 0 Å². The largest absolute Gasteiger partial charge is 0.482 e. The molecule has 2 N–H and O–H groups in total. The molecule has 0 radical (unpaired) electrons. The van der Waals surface area contributed by atoms with Crippen LogP contribution in [0.3, 0.4) is 0 Å². The second-order valence-electron chi connectivity index (χ2n) is 6.01. The Morgan fingerprint density at radius 2 is 1.69 bits per heavy atom. The number of anilines is 1. The van der Waals surface area contributed by atoms with Gasteiger partial charge in [-0.05, 0) is 42.0 Å². The molecule has 1 unspecified atom stereocenters. The fraction of sp³-hybridized carbons (Fsp3) is 0.263. The highest BCUT2D eigenvalue weighted by Gasteiger charge is 2.16. The summed E-state index contributed by atoms with van der Waals surface area (Å²) in [5.41, 5.74) is 1.29. The van der Waals surface area contributed by atoms with Crippen molar-refractivity contribution in [3.8, 4) is 5.75 Å². The number of thiol groups is 1. The first-order valence-electron chi connectivity index (χ1n) is 8.56. The standard InChI is InChI=1S/C19H22N2O6S2/c1-13(22)21-15-5-9-17(10-6-15)29(24,25)20-11-18(28)14-3-7-16(8-4-14)27-12-19(23)26-2/h3-10,18,20,28H,11-12H2,1-2H3,(H,21,22). The lowest BCUT2D eigenvalue weighted by Crippen LogP contribution is -2.27. The van der Waals surface area contributed by atoms with E-state index in [1.54, 1.807) is 24.3 Å². The van der Waals surface area contributed by atoms with E-state index in [4.69, 9.17) is 4.74 Å². The number of esters is 1. The highest BCUT2D eigenvalue weighted by atomic mass is 32.2. The molecule has 1 amide bonds. The third-order valence-corrected chi connectivity index (χ3v) is 5.72. The molecule has 0 saturated heterocycles. The molecule has 0 aliphatic heterocycles. The van der Waals surface area contributed by atoms with Crippen LogP contribution in [0.2, 0.25) is 0 Å². The summed E-state index contributed by atoms with van der Waals surface area (Å²) in [5.74, 6) is -0.237. The summed E-state index contributed by atoms with van der Waals surface area (Å²) in [6.45, 7) is 1.25. The predicted octanol–water partition coefficient (Wildman–Crippen LogP) is 2.15. The molecule has 2 aromatic rings. The van der Waals surface area contributed by atoms with Gasteiger partial charge in [0.1, 0.15) is 5.75 Å². The van der Waals surface area contributed by atoms with Crippen molar-refractivity contribution in [3.63, 3.8) is 0 Å². The molecule has 0 fully saturated rings. The van der Waals surface area contributed by atoms with Crippen molar-refractivity contribution in [1.29, 1.82) is 0 Å². The quantitative estimate of drug-likeness (QED) is 0.409. The average molecular weight is 439 g/mol. The third-order valence-electron chi connectivity index (χ3n) is 3.80. The van der Waals surface area contributed by atoms with Crippen LogP contribution in [-0.2, 0) is 24.3 Å². The number of methoxy groups -OCH3 is 1. The zero-order valence-corrected chi connectivity index (χ0v) is 17.6. The molecule has 0 aliphatic rings. The molecule has 0 saturated carbocycles. The van der Waals surface area contributed by atoms with Crippen molar-refractivity contribution in [1.82, 2.24) is 4.72 Å². The number of nitrogens with one attached hydrogen (secondary N) is 2. The van der Waals surface area contributed by atoms with Crippen LogP contribution >= 0.6 is 12.6 Å². The first-order valence-corrected chi connectivity index (χ1v) is 10.6. The molecular formula is C19H22N2O6S2. The van der Waals surface area contributed by atoms with E-state index < -0.39 is 21.2 Å². The molecule has 8 nitrogen and oxygen atoms in total. The number of benzene rings is 2. The van der Waals surface area contributed by atoms with Gasteiger partial charge in [0.2, 0.25) is 15.9 Å². The van der Waals surface area contributed by atoms with E-state index in [0.29, 0.717) is 11.4 Å². The van der Waals surface area contributed by atoms with Gasteiger partial charge in [0, 0.05) is 24.4 Å². The number of sulfonamides is 1. The van der Waals surface area contributed by atoms with Crippen LogP contribution in [0.1, 0.15) is 17.7 Å². The molecule has 0 aliphatic carbocycles. The Hall–Kier alpha value is -2.56. The van der Waals surface area contributed by atoms with Crippen LogP contribution in [0.4, 0.5) is 5.69 Å². The minimum absolute atomic E-state index is 0.0707. The van der Waals surface area contributed by atoms with Crippen LogP contribution in [0.5, 0.6) is 5.75 Å². The summed E-state index contributed by atoms with van der Waals surface area (Å²) in [5, 5.41) is 2.19. The van der Waals surface area contributed by atoms with Gasteiger partial charge in [-0.2, -0.15) is 12.6 Å². The van der Waals surface area contributed by atoms with Gasteiger partial charge in [0.25, 0.3) is 0 Å². The summed E-state index contributed by atoms with van der Waals surface area (Å²) in [6, 6.07) is 12.7. The molecule has 1 atom stereocenters. The molecule has 0 bridgehead atoms. The SMILES string of the molecule is COC(=O)COc1ccc(C(S)CNS(=O)(=O)c2ccc(NC(C)=O)cc2)cc1. The summed E-state index contributed by atoms with van der Waals surface area (Å²) < 4.78 is 37.1. The zero-order valence-electron chi connectivity index (χ0n) is 15.9. The lowest BCUT2D eigenvalue weighted by atomic mass is 10.1. The van der Waals surface area contributed by atoms with Crippen molar-refractivity contribution in [3.05, 3.63) is 54.1 Å². The Morgan fingerprint density at radius 3 is 2.24 bits per heavy atom. The number of carbonyl (C=O) groups is 2. The normalized spacial score (nSPS) is 12.1. The minimum Gasteiger partial charge on any atom is -0.482 e. The fourth-order valence-electron chi connectivity index (χ4n) is 2.30. The molecule has 0 heterocycles. The minimum atomic E-state index is -3.73. The fourth-order valence-corrected chi connectivity index (χ4v) is 3.73. The number of rotatable bonds is 9. The van der Waals surface area contributed by atoms with E-state index in [1.165, 1.54) is 38.3 Å². The first-order chi connectivity index (χ1) is 13.7. The van der Waals surface area contributed by atoms with Gasteiger partial charge < -0.3 is 14.8 Å². The Kier molecular flexibility index (Phi) is 8.06. The van der Waals surface area contributed by atoms with Gasteiger partial charge in [-0.15, -0.1) is 0 Å². The van der Waals surface area contributed by atoms with Crippen LogP contribution < -0.4 is 14.8 Å². The Labute approximate surface area is 175 Å². The topological polar surface area (TPSA) is 111 Å². The van der Waals surface area contributed by atoms with Crippen molar-refractivity contribution in [2.75, 3.05) is 25.6 Å². The summed E-state index contributed by atoms with van der Waals surface area (Å²) in [6.07, 6.45) is 0. The van der Waals surface area contributed by atoms with E-state index in [-0.39, 0.29) is 24.0 Å². The smallest absolute Gasteiger partial charge is 0.343 e. The molecule has 29 heavy (non-hydrogen) atoms. The summed E-state index contributed by atoms with van der Waals surface area (Å²) >= 11 is 4.44. The first kappa shape index (κ1) is 22.7. The highest BCUT2D eigenvalue weighted by molar-refractivity contribution is 7.89. The number of ether oxygens (including phenoxy) is 2. The van der Waals surface area contributed by atoms with Gasteiger partial charge in [0.05, 0.1) is 12.0 Å². The van der Waals surface area contributed by atoms with Gasteiger partial charge >= 0.3 is 5.97 Å². The van der Waals surface area contributed by atoms with Gasteiger partial charge in [-0.1, -0.05) is 12.1 Å². The molecule has 156 valence electrons. The Bertz CT molecular complexity index is 944. The maximum absolute atomic E-state index is 12.4. The number of amides is 1. The van der Waals surface area contributed by atoms with Crippen LogP contribution in [0.15, 0.2) is 53.4 Å². The van der Waals surface area contributed by atoms with Gasteiger partial charge in [-0.3, -0.25) is 4.79 Å². The second kappa shape index (κ2) is 10.3. The lowest BCUT2D eigenvalue weighted by Gasteiger charge is -2.14. The van der Waals surface area contributed by atoms with E-state index in [9.17, 15) is 18.0 Å². The number of carbonyl (C=O) groups excluding carboxylic acids is 2. The maximum Gasteiger partial charge on any atom is 0.343 e. The van der Waals surface area contributed by atoms with Crippen molar-refractivity contribution < 1.29 is 27.5 Å². The van der Waals surface area contributed by atoms with Gasteiger partial charge in [0.15, 0.2) is 6.61 Å². The van der Waals surface area contributed by atoms with E-state index in [2.05, 4.69) is 27.4 Å². The lowest BCUT2D eigenvalue weighted by molar-refractivity contribution is -0.142. The summed E-state index contributed by atoms with van der Waals surface area (Å²) in [7, 11) is -2.45. The monoisotopic (exact) mass is 438 g/mol. The highest BCUT2D eigenvalue weighted by Crippen LogP contribution is 2.23. The van der Waals surface area contributed by atoms with Crippen molar-refractivity contribution >= 4 is 40.2 Å². The van der Waals surface area contributed by atoms with Gasteiger partial charge in [-0.25, -0.2) is 17.9 Å². The molecule has 0 aromatic heterocycles. The second-order valence-corrected chi connectivity index (χ2v) is 8.40. The maximum atomic E-state index is 12.4. The Morgan fingerprint density at radius 1 is 1.07 bits per heavy atom. The molecule has 10 heteroatoms. The van der Waals surface area contributed by atoms with Crippen LogP contribution in [-0.4, -0.2) is 40.6 Å². The molecular weight excluding hydrogens is 416 g/mol. The zero-order chi connectivity index (χ0) is 21.4. The molecule has 2 aromatic carbocycles. The Balaban J connectivity index is 1.94. The van der Waals surface area contributed by atoms with Crippen molar-refractivity contribution in [2.45, 2.75) is 17.1 Å². The molecule has 0 spiro atoms. The predicted molar refractivity (Wildman–Crippen MR) is 112 cm³/mol. The van der Waals surface area contributed by atoms with Crippen LogP contribution in [0.25, 0.3) is 0 Å². The number of hydrogen-bond acceptors (Lipinski definition) is 7. The molecule has 2 rings (SSSR count). The van der Waals surface area contributed by atoms with E-state index in [1.807, 2.05) is 0 Å². The van der Waals surface area contributed by atoms with E-state index in [0.717, 1.165) is 5.56 Å². The average Bonchev–Trinajstić information content (AvgIpc) is 2.70. The number of hydrogen-bond donors (Lipinski definition) is 3. The van der Waals surface area contributed by atoms with E-state index >= 15 is 0 Å². The third kappa shape index (κ3) is 7.08. The van der Waals surface area contributed by atoms with Crippen molar-refractivity contribution in [2.24, 2.45) is 0 Å². The summed E-state index contributed by atoms with van der Waals surface area (Å²) in [4.78, 5) is 22.2.